The summed E-state index contributed by atoms with van der Waals surface area (Å²) in [6.45, 7) is 4.79. The molecule has 0 saturated carbocycles. The lowest BCUT2D eigenvalue weighted by atomic mass is 10.1. The van der Waals surface area contributed by atoms with Crippen molar-refractivity contribution in [2.24, 2.45) is 0 Å². The lowest BCUT2D eigenvalue weighted by Crippen LogP contribution is -2.49. The van der Waals surface area contributed by atoms with E-state index in [0.29, 0.717) is 44.9 Å². The Hall–Kier alpha value is -2.44. The normalized spacial score (nSPS) is 17.2. The number of carbonyl (C=O) groups is 2. The zero-order valence-corrected chi connectivity index (χ0v) is 12.6. The second-order valence-electron chi connectivity index (χ2n) is 5.47. The van der Waals surface area contributed by atoms with E-state index in [1.165, 1.54) is 0 Å². The van der Waals surface area contributed by atoms with Gasteiger partial charge in [0.2, 0.25) is 5.91 Å². The Morgan fingerprint density at radius 2 is 2.05 bits per heavy atom. The highest BCUT2D eigenvalue weighted by molar-refractivity contribution is 6.00. The molecule has 2 aliphatic heterocycles. The van der Waals surface area contributed by atoms with Gasteiger partial charge < -0.3 is 25.6 Å². The second-order valence-corrected chi connectivity index (χ2v) is 5.47. The predicted octanol–water partition coefficient (Wildman–Crippen LogP) is 1.04. The van der Waals surface area contributed by atoms with E-state index < -0.39 is 0 Å². The standard InChI is InChI=1S/C15H20N4O3/c1-2-22-15(21)19-5-3-18(4-6-19)13-7-10-8-14(20)17-12(10)9-11(13)16/h7,9H,2-6,8,16H2,1H3,(H,17,20). The highest BCUT2D eigenvalue weighted by Crippen LogP contribution is 2.34. The molecule has 3 N–H and O–H groups in total. The molecular weight excluding hydrogens is 284 g/mol. The fourth-order valence-electron chi connectivity index (χ4n) is 2.90. The first-order valence-electron chi connectivity index (χ1n) is 7.47. The molecule has 22 heavy (non-hydrogen) atoms. The van der Waals surface area contributed by atoms with Gasteiger partial charge in [0.15, 0.2) is 0 Å². The highest BCUT2D eigenvalue weighted by atomic mass is 16.6. The van der Waals surface area contributed by atoms with Crippen molar-refractivity contribution in [2.45, 2.75) is 13.3 Å². The maximum absolute atomic E-state index is 11.7. The van der Waals surface area contributed by atoms with Gasteiger partial charge in [-0.3, -0.25) is 4.79 Å². The number of nitrogens with two attached hydrogens (primary N) is 1. The molecular formula is C15H20N4O3. The minimum atomic E-state index is -0.265. The summed E-state index contributed by atoms with van der Waals surface area (Å²) in [6, 6.07) is 3.79. The number of anilines is 3. The van der Waals surface area contributed by atoms with Crippen molar-refractivity contribution in [3.8, 4) is 0 Å². The van der Waals surface area contributed by atoms with Crippen LogP contribution in [-0.2, 0) is 16.0 Å². The van der Waals surface area contributed by atoms with Crippen LogP contribution in [0.4, 0.5) is 21.9 Å². The van der Waals surface area contributed by atoms with Crippen LogP contribution >= 0.6 is 0 Å². The molecule has 0 radical (unpaired) electrons. The number of carbonyl (C=O) groups excluding carboxylic acids is 2. The van der Waals surface area contributed by atoms with Crippen molar-refractivity contribution in [3.05, 3.63) is 17.7 Å². The van der Waals surface area contributed by atoms with Gasteiger partial charge in [-0.05, 0) is 24.6 Å². The van der Waals surface area contributed by atoms with Crippen LogP contribution in [0.1, 0.15) is 12.5 Å². The summed E-state index contributed by atoms with van der Waals surface area (Å²) in [5, 5.41) is 2.80. The Balaban J connectivity index is 1.71. The summed E-state index contributed by atoms with van der Waals surface area (Å²) in [7, 11) is 0. The van der Waals surface area contributed by atoms with E-state index >= 15 is 0 Å². The van der Waals surface area contributed by atoms with Crippen LogP contribution in [0.3, 0.4) is 0 Å². The van der Waals surface area contributed by atoms with Gasteiger partial charge in [-0.2, -0.15) is 0 Å². The molecule has 118 valence electrons. The van der Waals surface area contributed by atoms with Crippen LogP contribution in [0.5, 0.6) is 0 Å². The molecule has 2 amide bonds. The molecule has 1 fully saturated rings. The summed E-state index contributed by atoms with van der Waals surface area (Å²) in [4.78, 5) is 27.0. The van der Waals surface area contributed by atoms with E-state index in [1.807, 2.05) is 12.1 Å². The van der Waals surface area contributed by atoms with Crippen LogP contribution in [0, 0.1) is 0 Å². The van der Waals surface area contributed by atoms with Gasteiger partial charge in [0.05, 0.1) is 24.4 Å². The summed E-state index contributed by atoms with van der Waals surface area (Å²) >= 11 is 0. The van der Waals surface area contributed by atoms with Gasteiger partial charge in [0, 0.05) is 31.9 Å². The third-order valence-electron chi connectivity index (χ3n) is 4.02. The fraction of sp³-hybridized carbons (Fsp3) is 0.467. The molecule has 0 atom stereocenters. The molecule has 3 rings (SSSR count). The lowest BCUT2D eigenvalue weighted by Gasteiger charge is -2.36. The first kappa shape index (κ1) is 14.5. The topological polar surface area (TPSA) is 87.9 Å². The van der Waals surface area contributed by atoms with Crippen molar-refractivity contribution in [1.82, 2.24) is 4.90 Å². The Bertz CT molecular complexity index is 609. The number of amides is 2. The molecule has 2 aliphatic rings. The number of piperazine rings is 1. The first-order valence-corrected chi connectivity index (χ1v) is 7.47. The molecule has 1 aromatic carbocycles. The van der Waals surface area contributed by atoms with E-state index in [2.05, 4.69) is 10.2 Å². The number of nitrogens with zero attached hydrogens (tertiary/aromatic N) is 2. The van der Waals surface area contributed by atoms with Crippen LogP contribution in [0.2, 0.25) is 0 Å². The highest BCUT2D eigenvalue weighted by Gasteiger charge is 2.25. The average molecular weight is 304 g/mol. The van der Waals surface area contributed by atoms with E-state index in [9.17, 15) is 9.59 Å². The molecule has 0 spiro atoms. The number of hydrogen-bond acceptors (Lipinski definition) is 5. The number of benzene rings is 1. The number of hydrogen-bond donors (Lipinski definition) is 2. The largest absolute Gasteiger partial charge is 0.450 e. The zero-order chi connectivity index (χ0) is 15.7. The lowest BCUT2D eigenvalue weighted by molar-refractivity contribution is -0.115. The average Bonchev–Trinajstić information content (AvgIpc) is 2.86. The van der Waals surface area contributed by atoms with Crippen molar-refractivity contribution < 1.29 is 14.3 Å². The molecule has 0 aliphatic carbocycles. The van der Waals surface area contributed by atoms with Crippen LogP contribution in [0.15, 0.2) is 12.1 Å². The SMILES string of the molecule is CCOC(=O)N1CCN(c2cc3c(cc2N)NC(=O)C3)CC1. The number of nitrogens with one attached hydrogen (secondary N) is 1. The van der Waals surface area contributed by atoms with E-state index in [-0.39, 0.29) is 12.0 Å². The summed E-state index contributed by atoms with van der Waals surface area (Å²) < 4.78 is 5.02. The van der Waals surface area contributed by atoms with Crippen molar-refractivity contribution in [3.63, 3.8) is 0 Å². The second kappa shape index (κ2) is 5.75. The monoisotopic (exact) mass is 304 g/mol. The molecule has 0 bridgehead atoms. The maximum atomic E-state index is 11.7. The van der Waals surface area contributed by atoms with Gasteiger partial charge in [0.1, 0.15) is 0 Å². The van der Waals surface area contributed by atoms with Gasteiger partial charge in [-0.25, -0.2) is 4.79 Å². The summed E-state index contributed by atoms with van der Waals surface area (Å²) in [5.41, 5.74) is 9.46. The first-order chi connectivity index (χ1) is 10.6. The zero-order valence-electron chi connectivity index (χ0n) is 12.6. The molecule has 0 aromatic heterocycles. The Kier molecular flexibility index (Phi) is 3.79. The number of fused-ring (bicyclic) bond motifs is 1. The van der Waals surface area contributed by atoms with E-state index in [4.69, 9.17) is 10.5 Å². The van der Waals surface area contributed by atoms with Crippen LogP contribution < -0.4 is 16.0 Å². The quantitative estimate of drug-likeness (QED) is 0.797. The molecule has 1 saturated heterocycles. The van der Waals surface area contributed by atoms with Gasteiger partial charge in [0.25, 0.3) is 0 Å². The van der Waals surface area contributed by atoms with Crippen molar-refractivity contribution >= 4 is 29.1 Å². The van der Waals surface area contributed by atoms with Gasteiger partial charge >= 0.3 is 6.09 Å². The van der Waals surface area contributed by atoms with Gasteiger partial charge in [-0.1, -0.05) is 0 Å². The van der Waals surface area contributed by atoms with Crippen molar-refractivity contribution in [1.29, 1.82) is 0 Å². The summed E-state index contributed by atoms with van der Waals surface area (Å²) in [5.74, 6) is -0.00122. The maximum Gasteiger partial charge on any atom is 0.409 e. The number of ether oxygens (including phenoxy) is 1. The molecule has 7 heteroatoms. The smallest absolute Gasteiger partial charge is 0.409 e. The molecule has 7 nitrogen and oxygen atoms in total. The van der Waals surface area contributed by atoms with E-state index in [0.717, 1.165) is 16.9 Å². The van der Waals surface area contributed by atoms with Crippen LogP contribution in [-0.4, -0.2) is 49.7 Å². The number of rotatable bonds is 2. The minimum absolute atomic E-state index is 0.00122. The minimum Gasteiger partial charge on any atom is -0.450 e. The third kappa shape index (κ3) is 2.66. The fourth-order valence-corrected chi connectivity index (χ4v) is 2.90. The Morgan fingerprint density at radius 1 is 1.32 bits per heavy atom. The predicted molar refractivity (Wildman–Crippen MR) is 84.0 cm³/mol. The number of nitrogen functional groups attached to an aromatic ring is 1. The van der Waals surface area contributed by atoms with Crippen molar-refractivity contribution in [2.75, 3.05) is 48.7 Å². The molecule has 2 heterocycles. The molecule has 0 unspecified atom stereocenters. The third-order valence-corrected chi connectivity index (χ3v) is 4.02. The Labute approximate surface area is 129 Å². The summed E-state index contributed by atoms with van der Waals surface area (Å²) in [6.07, 6.45) is 0.129. The van der Waals surface area contributed by atoms with Gasteiger partial charge in [-0.15, -0.1) is 0 Å². The molecule has 1 aromatic rings. The van der Waals surface area contributed by atoms with E-state index in [1.54, 1.807) is 11.8 Å². The Morgan fingerprint density at radius 3 is 2.73 bits per heavy atom. The van der Waals surface area contributed by atoms with Crippen LogP contribution in [0.25, 0.3) is 0 Å².